The van der Waals surface area contributed by atoms with Gasteiger partial charge in [0.25, 0.3) is 0 Å². The smallest absolute Gasteiger partial charge is 0.407 e. The first kappa shape index (κ1) is 21.5. The van der Waals surface area contributed by atoms with E-state index in [2.05, 4.69) is 34.9 Å². The van der Waals surface area contributed by atoms with Crippen LogP contribution in [0.2, 0.25) is 0 Å². The molecule has 3 aliphatic rings. The van der Waals surface area contributed by atoms with Crippen LogP contribution >= 0.6 is 0 Å². The zero-order valence-corrected chi connectivity index (χ0v) is 18.3. The molecule has 2 aromatic carbocycles. The van der Waals surface area contributed by atoms with Gasteiger partial charge in [-0.2, -0.15) is 0 Å². The monoisotopic (exact) mass is 448 g/mol. The van der Waals surface area contributed by atoms with E-state index in [4.69, 9.17) is 9.84 Å². The zero-order valence-electron chi connectivity index (χ0n) is 18.3. The molecule has 0 saturated heterocycles. The number of carbonyl (C=O) groups excluding carboxylic acids is 2. The van der Waals surface area contributed by atoms with Crippen molar-refractivity contribution in [2.75, 3.05) is 13.2 Å². The number of carboxylic acids is 1. The second-order valence-corrected chi connectivity index (χ2v) is 9.36. The van der Waals surface area contributed by atoms with Gasteiger partial charge < -0.3 is 20.5 Å². The average Bonchev–Trinajstić information content (AvgIpc) is 3.33. The number of alkyl carbamates (subject to hydrolysis) is 1. The largest absolute Gasteiger partial charge is 0.481 e. The number of rotatable bonds is 7. The normalized spacial score (nSPS) is 25.1. The zero-order chi connectivity index (χ0) is 22.9. The van der Waals surface area contributed by atoms with Crippen molar-refractivity contribution in [3.63, 3.8) is 0 Å². The molecule has 3 N–H and O–H groups in total. The van der Waals surface area contributed by atoms with Crippen LogP contribution in [0.3, 0.4) is 0 Å². The highest BCUT2D eigenvalue weighted by molar-refractivity contribution is 5.82. The summed E-state index contributed by atoms with van der Waals surface area (Å²) < 4.78 is 5.55. The summed E-state index contributed by atoms with van der Waals surface area (Å²) >= 11 is 0. The van der Waals surface area contributed by atoms with Crippen LogP contribution in [0.15, 0.2) is 48.5 Å². The molecule has 33 heavy (non-hydrogen) atoms. The van der Waals surface area contributed by atoms with Crippen molar-refractivity contribution >= 4 is 18.0 Å². The van der Waals surface area contributed by atoms with Gasteiger partial charge in [-0.25, -0.2) is 4.79 Å². The van der Waals surface area contributed by atoms with Crippen LogP contribution in [0.5, 0.6) is 0 Å². The van der Waals surface area contributed by atoms with E-state index in [1.807, 2.05) is 24.3 Å². The third-order valence-electron chi connectivity index (χ3n) is 7.24. The summed E-state index contributed by atoms with van der Waals surface area (Å²) in [7, 11) is 0. The van der Waals surface area contributed by atoms with Gasteiger partial charge in [0.05, 0.1) is 5.92 Å². The number of benzene rings is 2. The van der Waals surface area contributed by atoms with E-state index in [0.717, 1.165) is 6.42 Å². The first-order valence-electron chi connectivity index (χ1n) is 11.6. The molecule has 0 spiro atoms. The molecule has 5 rings (SSSR count). The SMILES string of the molecule is O=C(NCC1CC1C(=O)N[C@@H]1CC[C@H](C(=O)O)C1)OCC1c2ccccc2-c2ccccc21. The van der Waals surface area contributed by atoms with Crippen LogP contribution in [0, 0.1) is 17.8 Å². The molecule has 2 saturated carbocycles. The van der Waals surface area contributed by atoms with Crippen LogP contribution in [0.1, 0.15) is 42.7 Å². The van der Waals surface area contributed by atoms with E-state index < -0.39 is 12.1 Å². The Bertz CT molecular complexity index is 1040. The minimum absolute atomic E-state index is 0.0173. The van der Waals surface area contributed by atoms with Crippen molar-refractivity contribution in [2.45, 2.75) is 37.6 Å². The van der Waals surface area contributed by atoms with Gasteiger partial charge in [-0.15, -0.1) is 0 Å². The van der Waals surface area contributed by atoms with E-state index in [-0.39, 0.29) is 42.2 Å². The number of aliphatic carboxylic acids is 1. The predicted molar refractivity (Wildman–Crippen MR) is 122 cm³/mol. The van der Waals surface area contributed by atoms with Crippen molar-refractivity contribution in [1.29, 1.82) is 0 Å². The maximum atomic E-state index is 12.4. The van der Waals surface area contributed by atoms with Crippen LogP contribution in [-0.2, 0) is 14.3 Å². The fourth-order valence-corrected chi connectivity index (χ4v) is 5.30. The van der Waals surface area contributed by atoms with Gasteiger partial charge in [-0.1, -0.05) is 48.5 Å². The van der Waals surface area contributed by atoms with Gasteiger partial charge >= 0.3 is 12.1 Å². The molecule has 0 radical (unpaired) electrons. The molecule has 0 aromatic heterocycles. The van der Waals surface area contributed by atoms with Gasteiger partial charge in [-0.05, 0) is 53.9 Å². The molecule has 2 amide bonds. The Labute approximate surface area is 192 Å². The van der Waals surface area contributed by atoms with Gasteiger partial charge in [0.2, 0.25) is 5.91 Å². The fourth-order valence-electron chi connectivity index (χ4n) is 5.30. The Balaban J connectivity index is 1.07. The van der Waals surface area contributed by atoms with E-state index in [9.17, 15) is 14.4 Å². The highest BCUT2D eigenvalue weighted by Gasteiger charge is 2.44. The lowest BCUT2D eigenvalue weighted by Gasteiger charge is -2.15. The van der Waals surface area contributed by atoms with Gasteiger partial charge in [0.1, 0.15) is 6.61 Å². The number of carbonyl (C=O) groups is 3. The molecule has 3 aliphatic carbocycles. The molecule has 4 atom stereocenters. The highest BCUT2D eigenvalue weighted by atomic mass is 16.5. The number of amides is 2. The molecule has 0 heterocycles. The van der Waals surface area contributed by atoms with E-state index in [1.54, 1.807) is 0 Å². The molecule has 0 aliphatic heterocycles. The van der Waals surface area contributed by atoms with Gasteiger partial charge in [-0.3, -0.25) is 9.59 Å². The van der Waals surface area contributed by atoms with Crippen molar-refractivity contribution in [1.82, 2.24) is 10.6 Å². The summed E-state index contributed by atoms with van der Waals surface area (Å²) in [4.78, 5) is 35.8. The van der Waals surface area contributed by atoms with Crippen LogP contribution in [0.25, 0.3) is 11.1 Å². The molecular formula is C26H28N2O5. The summed E-state index contributed by atoms with van der Waals surface area (Å²) in [6.45, 7) is 0.665. The molecule has 2 fully saturated rings. The lowest BCUT2D eigenvalue weighted by atomic mass is 9.98. The Morgan fingerprint density at radius 2 is 1.61 bits per heavy atom. The van der Waals surface area contributed by atoms with Crippen LogP contribution < -0.4 is 10.6 Å². The molecule has 2 aromatic rings. The predicted octanol–water partition coefficient (Wildman–Crippen LogP) is 3.53. The number of fused-ring (bicyclic) bond motifs is 3. The second kappa shape index (κ2) is 8.89. The highest BCUT2D eigenvalue weighted by Crippen LogP contribution is 2.44. The number of carboxylic acid groups (broad SMARTS) is 1. The van der Waals surface area contributed by atoms with Crippen LogP contribution in [-0.4, -0.2) is 42.3 Å². The lowest BCUT2D eigenvalue weighted by Crippen LogP contribution is -2.35. The fraction of sp³-hybridized carbons (Fsp3) is 0.423. The summed E-state index contributed by atoms with van der Waals surface area (Å²) in [5.74, 6) is -1.19. The number of nitrogens with one attached hydrogen (secondary N) is 2. The van der Waals surface area contributed by atoms with Crippen LogP contribution in [0.4, 0.5) is 4.79 Å². The van der Waals surface area contributed by atoms with E-state index in [1.165, 1.54) is 22.3 Å². The summed E-state index contributed by atoms with van der Waals surface area (Å²) in [5, 5.41) is 14.9. The van der Waals surface area contributed by atoms with Crippen molar-refractivity contribution in [3.05, 3.63) is 59.7 Å². The summed E-state index contributed by atoms with van der Waals surface area (Å²) in [6, 6.07) is 16.3. The first-order chi connectivity index (χ1) is 16.0. The lowest BCUT2D eigenvalue weighted by molar-refractivity contribution is -0.141. The standard InChI is InChI=1S/C26H28N2O5/c29-24(28-17-10-9-15(11-17)25(30)31)22-12-16(22)13-27-26(32)33-14-23-20-7-3-1-5-18(20)19-6-2-4-8-21(19)23/h1-8,15-17,22-23H,9-14H2,(H,27,32)(H,28,29)(H,30,31)/t15-,16?,17+,22?/m0/s1. The third-order valence-corrected chi connectivity index (χ3v) is 7.24. The first-order valence-corrected chi connectivity index (χ1v) is 11.6. The maximum absolute atomic E-state index is 12.4. The van der Waals surface area contributed by atoms with E-state index in [0.29, 0.717) is 25.8 Å². The van der Waals surface area contributed by atoms with Crippen molar-refractivity contribution < 1.29 is 24.2 Å². The van der Waals surface area contributed by atoms with Gasteiger partial charge in [0, 0.05) is 24.4 Å². The number of hydrogen-bond acceptors (Lipinski definition) is 4. The Morgan fingerprint density at radius 3 is 2.24 bits per heavy atom. The Kier molecular flexibility index (Phi) is 5.79. The quantitative estimate of drug-likeness (QED) is 0.601. The van der Waals surface area contributed by atoms with Crippen molar-refractivity contribution in [2.24, 2.45) is 17.8 Å². The molecule has 172 valence electrons. The molecular weight excluding hydrogens is 420 g/mol. The molecule has 7 heteroatoms. The Morgan fingerprint density at radius 1 is 0.939 bits per heavy atom. The Hall–Kier alpha value is -3.35. The van der Waals surface area contributed by atoms with Gasteiger partial charge in [0.15, 0.2) is 0 Å². The molecule has 7 nitrogen and oxygen atoms in total. The maximum Gasteiger partial charge on any atom is 0.407 e. The molecule has 2 unspecified atom stereocenters. The number of ether oxygens (including phenoxy) is 1. The topological polar surface area (TPSA) is 105 Å². The minimum Gasteiger partial charge on any atom is -0.481 e. The second-order valence-electron chi connectivity index (χ2n) is 9.36. The third kappa shape index (κ3) is 4.45. The van der Waals surface area contributed by atoms with Crippen molar-refractivity contribution in [3.8, 4) is 11.1 Å². The van der Waals surface area contributed by atoms with E-state index >= 15 is 0 Å². The summed E-state index contributed by atoms with van der Waals surface area (Å²) in [5.41, 5.74) is 4.71. The minimum atomic E-state index is -0.789. The average molecular weight is 449 g/mol. The number of hydrogen-bond donors (Lipinski definition) is 3. The molecule has 0 bridgehead atoms. The summed E-state index contributed by atoms with van der Waals surface area (Å²) in [6.07, 6.45) is 2.07.